The van der Waals surface area contributed by atoms with Gasteiger partial charge in [-0.1, -0.05) is 57.4 Å². The first kappa shape index (κ1) is 26.6. The van der Waals surface area contributed by atoms with Crippen molar-refractivity contribution in [2.45, 2.75) is 88.9 Å². The van der Waals surface area contributed by atoms with Crippen LogP contribution in [0.1, 0.15) is 67.2 Å². The summed E-state index contributed by atoms with van der Waals surface area (Å²) in [6.45, 7) is 14.5. The van der Waals surface area contributed by atoms with Crippen molar-refractivity contribution in [3.8, 4) is 0 Å². The Morgan fingerprint density at radius 3 is 1.21 bits per heavy atom. The largest absolute Gasteiger partial charge is 2.00 e. The average molecular weight is 470 g/mol. The van der Waals surface area contributed by atoms with Crippen molar-refractivity contribution in [3.63, 3.8) is 0 Å². The van der Waals surface area contributed by atoms with E-state index in [0.717, 1.165) is 11.3 Å². The summed E-state index contributed by atoms with van der Waals surface area (Å²) in [6.07, 6.45) is 26.7. The molecular weight excluding hydrogens is 430 g/mol. The summed E-state index contributed by atoms with van der Waals surface area (Å²) in [4.78, 5) is 0. The standard InChI is InChI=1S/2C13H20P.Fe/c2*1-13(2,3)14-10-6-9-12(14)11-7-4-5-8-11;/h2*4-5,7-8,12H,6,9-10H2,1-3H3;/q;;+2/t2*12-,14-;/m11./s1. The van der Waals surface area contributed by atoms with Crippen LogP contribution in [0, 0.1) is 63.2 Å². The minimum Gasteiger partial charge on any atom is -0.0974 e. The summed E-state index contributed by atoms with van der Waals surface area (Å²) in [5.41, 5.74) is 1.78. The van der Waals surface area contributed by atoms with Crippen molar-refractivity contribution in [3.05, 3.63) is 63.2 Å². The van der Waals surface area contributed by atoms with E-state index in [1.54, 1.807) is 11.8 Å². The molecule has 29 heavy (non-hydrogen) atoms. The van der Waals surface area contributed by atoms with Gasteiger partial charge < -0.3 is 0 Å². The van der Waals surface area contributed by atoms with Gasteiger partial charge in [-0.15, -0.1) is 0 Å². The van der Waals surface area contributed by atoms with Gasteiger partial charge in [0, 0.05) is 0 Å². The van der Waals surface area contributed by atoms with Gasteiger partial charge in [0.25, 0.3) is 0 Å². The molecule has 0 aromatic rings. The maximum absolute atomic E-state index is 2.42. The molecule has 2 aliphatic heterocycles. The molecule has 2 saturated heterocycles. The van der Waals surface area contributed by atoms with Crippen LogP contribution in [0.15, 0.2) is 0 Å². The molecular formula is C26H40FeP2+2. The molecule has 4 aliphatic rings. The Bertz CT molecular complexity index is 422. The Hall–Kier alpha value is 1.38. The van der Waals surface area contributed by atoms with Crippen LogP contribution in [0.5, 0.6) is 0 Å². The molecule has 10 radical (unpaired) electrons. The predicted molar refractivity (Wildman–Crippen MR) is 130 cm³/mol. The fourth-order valence-electron chi connectivity index (χ4n) is 5.05. The maximum Gasteiger partial charge on any atom is 2.00 e. The molecule has 4 rings (SSSR count). The Kier molecular flexibility index (Phi) is 10.6. The van der Waals surface area contributed by atoms with Gasteiger partial charge in [-0.25, -0.2) is 0 Å². The molecule has 0 aromatic heterocycles. The van der Waals surface area contributed by atoms with Crippen molar-refractivity contribution < 1.29 is 17.1 Å². The summed E-state index contributed by atoms with van der Waals surface area (Å²) >= 11 is 0. The van der Waals surface area contributed by atoms with Crippen LogP contribution in [0.25, 0.3) is 0 Å². The average Bonchev–Trinajstić information content (AvgIpc) is 3.42. The maximum atomic E-state index is 2.42. The minimum atomic E-state index is 0. The Labute approximate surface area is 196 Å². The quantitative estimate of drug-likeness (QED) is 0.287. The van der Waals surface area contributed by atoms with Crippen LogP contribution in [0.2, 0.25) is 0 Å². The molecule has 2 heterocycles. The van der Waals surface area contributed by atoms with E-state index in [9.17, 15) is 0 Å². The van der Waals surface area contributed by atoms with Crippen LogP contribution in [0.3, 0.4) is 0 Å². The molecule has 0 amide bonds. The number of rotatable bonds is 2. The van der Waals surface area contributed by atoms with E-state index in [1.807, 2.05) is 0 Å². The third-order valence-corrected chi connectivity index (χ3v) is 14.0. The Morgan fingerprint density at radius 1 is 0.621 bits per heavy atom. The second-order valence-electron chi connectivity index (χ2n) is 10.5. The van der Waals surface area contributed by atoms with E-state index in [0.29, 0.717) is 10.3 Å². The third-order valence-electron chi connectivity index (χ3n) is 6.38. The van der Waals surface area contributed by atoms with Crippen LogP contribution in [-0.4, -0.2) is 34.0 Å². The topological polar surface area (TPSA) is 0 Å². The molecule has 0 nitrogen and oxygen atoms in total. The predicted octanol–water partition coefficient (Wildman–Crippen LogP) is 7.67. The first-order chi connectivity index (χ1) is 13.2. The van der Waals surface area contributed by atoms with Crippen LogP contribution in [-0.2, 0) is 17.1 Å². The number of hydrogen-bond acceptors (Lipinski definition) is 0. The second kappa shape index (κ2) is 11.5. The zero-order valence-electron chi connectivity index (χ0n) is 19.3. The van der Waals surface area contributed by atoms with Crippen molar-refractivity contribution >= 4 is 15.8 Å². The molecule has 0 aromatic carbocycles. The molecule has 2 aliphatic carbocycles. The molecule has 0 unspecified atom stereocenters. The first-order valence-electron chi connectivity index (χ1n) is 11.1. The van der Waals surface area contributed by atoms with Crippen molar-refractivity contribution in [1.29, 1.82) is 0 Å². The first-order valence-corrected chi connectivity index (χ1v) is 14.3. The second-order valence-corrected chi connectivity index (χ2v) is 17.2. The molecule has 0 spiro atoms. The normalized spacial score (nSPS) is 34.1. The van der Waals surface area contributed by atoms with Crippen molar-refractivity contribution in [2.24, 2.45) is 0 Å². The van der Waals surface area contributed by atoms with Crippen LogP contribution < -0.4 is 0 Å². The molecule has 3 heteroatoms. The van der Waals surface area contributed by atoms with Gasteiger partial charge in [0.2, 0.25) is 0 Å². The van der Waals surface area contributed by atoms with E-state index in [1.165, 1.54) is 38.0 Å². The van der Waals surface area contributed by atoms with Gasteiger partial charge in [0.05, 0.1) is 0 Å². The SMILES string of the molecule is CC(C)(C)[P@]1CCC[C@@H]1[C]1[CH][CH][CH][CH]1.CC(C)(C)[P@]1CCC[C@@H]1[C]1[CH][CH][CH][CH]1.[Fe+2]. The smallest absolute Gasteiger partial charge is 0.0974 e. The van der Waals surface area contributed by atoms with E-state index in [4.69, 9.17) is 0 Å². The number of hydrogen-bond donors (Lipinski definition) is 0. The van der Waals surface area contributed by atoms with Crippen LogP contribution in [0.4, 0.5) is 0 Å². The van der Waals surface area contributed by atoms with E-state index in [-0.39, 0.29) is 32.9 Å². The fraction of sp³-hybridized carbons (Fsp3) is 0.615. The molecule has 0 N–H and O–H groups in total. The summed E-state index contributed by atoms with van der Waals surface area (Å²) in [7, 11) is 0.400. The fourth-order valence-corrected chi connectivity index (χ4v) is 12.0. The van der Waals surface area contributed by atoms with Gasteiger partial charge in [-0.3, -0.25) is 0 Å². The molecule has 160 valence electrons. The summed E-state index contributed by atoms with van der Waals surface area (Å²) in [6, 6.07) is 0. The zero-order valence-corrected chi connectivity index (χ0v) is 22.2. The van der Waals surface area contributed by atoms with E-state index in [2.05, 4.69) is 92.9 Å². The molecule has 2 saturated carbocycles. The zero-order chi connectivity index (χ0) is 20.4. The molecule has 4 atom stereocenters. The molecule has 0 bridgehead atoms. The van der Waals surface area contributed by atoms with Gasteiger partial charge in [-0.05, 0) is 123 Å². The van der Waals surface area contributed by atoms with Crippen molar-refractivity contribution in [2.75, 3.05) is 12.3 Å². The Balaban J connectivity index is 0.000000200. The van der Waals surface area contributed by atoms with Crippen LogP contribution >= 0.6 is 15.8 Å². The minimum absolute atomic E-state index is 0. The monoisotopic (exact) mass is 470 g/mol. The summed E-state index contributed by atoms with van der Waals surface area (Å²) in [5.74, 6) is 3.20. The summed E-state index contributed by atoms with van der Waals surface area (Å²) in [5, 5.41) is 1.07. The van der Waals surface area contributed by atoms with Gasteiger partial charge in [-0.2, -0.15) is 0 Å². The van der Waals surface area contributed by atoms with Gasteiger partial charge >= 0.3 is 17.1 Å². The molecule has 4 fully saturated rings. The van der Waals surface area contributed by atoms with Gasteiger partial charge in [0.15, 0.2) is 0 Å². The Morgan fingerprint density at radius 2 is 0.931 bits per heavy atom. The third kappa shape index (κ3) is 7.18. The summed E-state index contributed by atoms with van der Waals surface area (Å²) < 4.78 is 0. The van der Waals surface area contributed by atoms with E-state index < -0.39 is 0 Å². The van der Waals surface area contributed by atoms with Gasteiger partial charge in [0.1, 0.15) is 0 Å². The van der Waals surface area contributed by atoms with E-state index >= 15 is 0 Å². The van der Waals surface area contributed by atoms with Crippen molar-refractivity contribution in [1.82, 2.24) is 0 Å².